The van der Waals surface area contributed by atoms with E-state index in [4.69, 9.17) is 15.5 Å². The number of benzene rings is 2. The van der Waals surface area contributed by atoms with E-state index >= 15 is 0 Å². The van der Waals surface area contributed by atoms with Crippen molar-refractivity contribution in [2.75, 3.05) is 82.8 Å². The molecule has 3 aliphatic rings. The molecule has 0 spiro atoms. The van der Waals surface area contributed by atoms with Gasteiger partial charge in [0.15, 0.2) is 11.5 Å². The number of likely N-dealkylation sites (tertiary alicyclic amines) is 1. The summed E-state index contributed by atoms with van der Waals surface area (Å²) in [4.78, 5) is 31.7. The van der Waals surface area contributed by atoms with E-state index in [1.165, 1.54) is 31.6 Å². The van der Waals surface area contributed by atoms with Crippen LogP contribution >= 0.6 is 0 Å². The van der Waals surface area contributed by atoms with E-state index in [-0.39, 0.29) is 24.2 Å². The molecule has 1 amide bonds. The van der Waals surface area contributed by atoms with Gasteiger partial charge in [-0.2, -0.15) is 4.98 Å². The Bertz CT molecular complexity index is 1390. The highest BCUT2D eigenvalue weighted by molar-refractivity contribution is 5.97. The second-order valence-corrected chi connectivity index (χ2v) is 12.1. The summed E-state index contributed by atoms with van der Waals surface area (Å²) in [5, 5.41) is 12.6. The van der Waals surface area contributed by atoms with Crippen LogP contribution in [0.25, 0.3) is 11.3 Å². The molecule has 44 heavy (non-hydrogen) atoms. The zero-order valence-corrected chi connectivity index (χ0v) is 25.6. The lowest BCUT2D eigenvalue weighted by Gasteiger charge is -2.42. The fraction of sp³-hybridized carbons (Fsp3) is 0.485. The summed E-state index contributed by atoms with van der Waals surface area (Å²) in [5.74, 6) is -0.0592. The minimum absolute atomic E-state index is 0.0552. The number of likely N-dealkylation sites (N-methyl/N-ethyl adjacent to an activating group) is 1. The molecule has 1 aromatic heterocycles. The third-order valence-electron chi connectivity index (χ3n) is 9.08. The van der Waals surface area contributed by atoms with Crippen LogP contribution in [-0.2, 0) is 0 Å². The van der Waals surface area contributed by atoms with E-state index in [9.17, 15) is 9.90 Å². The average molecular weight is 601 g/mol. The summed E-state index contributed by atoms with van der Waals surface area (Å²) < 4.78 is 6.41. The van der Waals surface area contributed by atoms with Gasteiger partial charge in [-0.3, -0.25) is 14.6 Å². The van der Waals surface area contributed by atoms with Crippen molar-refractivity contribution in [3.63, 3.8) is 0 Å². The average Bonchev–Trinajstić information content (AvgIpc) is 3.49. The van der Waals surface area contributed by atoms with Gasteiger partial charge in [-0.1, -0.05) is 30.3 Å². The highest BCUT2D eigenvalue weighted by atomic mass is 16.5. The monoisotopic (exact) mass is 600 g/mol. The molecule has 0 aliphatic carbocycles. The summed E-state index contributed by atoms with van der Waals surface area (Å²) in [6.45, 7) is 8.96. The fourth-order valence-electron chi connectivity index (χ4n) is 6.51. The summed E-state index contributed by atoms with van der Waals surface area (Å²) in [6, 6.07) is 18.5. The van der Waals surface area contributed by atoms with Gasteiger partial charge in [0.2, 0.25) is 5.88 Å². The van der Waals surface area contributed by atoms with Crippen LogP contribution in [-0.4, -0.2) is 120 Å². The zero-order chi connectivity index (χ0) is 30.5. The second kappa shape index (κ2) is 13.9. The summed E-state index contributed by atoms with van der Waals surface area (Å²) >= 11 is 0. The Labute approximate surface area is 259 Å². The topological polar surface area (TPSA) is 123 Å². The van der Waals surface area contributed by atoms with Gasteiger partial charge in [0.05, 0.1) is 6.61 Å². The number of β-amino-alcohol motifs (C(OH)–C–C–N with tert-alkyl or cyclic N) is 1. The van der Waals surface area contributed by atoms with Crippen LogP contribution in [0, 0.1) is 0 Å². The standard InChI is InChI=1S/C33H44N8O3/c1-38-17-19-41(20-18-38)27-11-15-40(16-12-27)26-9-7-25(8-10-26)35-32-30(31(34)43)36-29(24-5-3-2-4-6-24)33(37-32)44-28-13-14-39(23-28)21-22-42/h2-10,27-28,42H,11-23H2,1H3,(H2,34,43)(H,35,37)/t28-/m1/s1. The molecule has 0 saturated carbocycles. The Kier molecular flexibility index (Phi) is 9.56. The summed E-state index contributed by atoms with van der Waals surface area (Å²) in [5.41, 5.74) is 9.09. The number of aliphatic hydroxyl groups excluding tert-OH is 1. The smallest absolute Gasteiger partial charge is 0.271 e. The summed E-state index contributed by atoms with van der Waals surface area (Å²) in [6.07, 6.45) is 3.06. The van der Waals surface area contributed by atoms with Gasteiger partial charge < -0.3 is 30.7 Å². The van der Waals surface area contributed by atoms with Crippen molar-refractivity contribution in [2.45, 2.75) is 31.4 Å². The Balaban J connectivity index is 1.18. The van der Waals surface area contributed by atoms with Crippen LogP contribution in [0.1, 0.15) is 29.8 Å². The van der Waals surface area contributed by atoms with E-state index in [2.05, 4.69) is 49.1 Å². The Morgan fingerprint density at radius 2 is 1.68 bits per heavy atom. The third kappa shape index (κ3) is 7.13. The van der Waals surface area contributed by atoms with Gasteiger partial charge in [-0.25, -0.2) is 4.98 Å². The quantitative estimate of drug-likeness (QED) is 0.320. The Morgan fingerprint density at radius 3 is 2.36 bits per heavy atom. The number of nitrogens with one attached hydrogen (secondary N) is 1. The first kappa shape index (κ1) is 30.3. The number of anilines is 3. The van der Waals surface area contributed by atoms with E-state index in [0.717, 1.165) is 50.4 Å². The highest BCUT2D eigenvalue weighted by Gasteiger charge is 2.28. The molecule has 4 heterocycles. The van der Waals surface area contributed by atoms with Gasteiger partial charge in [-0.05, 0) is 50.6 Å². The number of ether oxygens (including phenoxy) is 1. The van der Waals surface area contributed by atoms with Crippen molar-refractivity contribution in [2.24, 2.45) is 5.73 Å². The molecule has 11 heteroatoms. The number of aliphatic hydroxyl groups is 1. The Hall–Kier alpha value is -3.77. The molecule has 3 aromatic rings. The number of amides is 1. The lowest BCUT2D eigenvalue weighted by molar-refractivity contribution is 0.0982. The maximum absolute atomic E-state index is 12.6. The first-order valence-corrected chi connectivity index (χ1v) is 15.8. The summed E-state index contributed by atoms with van der Waals surface area (Å²) in [7, 11) is 2.20. The van der Waals surface area contributed by atoms with Crippen LogP contribution in [0.3, 0.4) is 0 Å². The first-order chi connectivity index (χ1) is 21.5. The van der Waals surface area contributed by atoms with Crippen molar-refractivity contribution in [3.8, 4) is 17.1 Å². The number of aromatic nitrogens is 2. The van der Waals surface area contributed by atoms with Crippen molar-refractivity contribution in [1.29, 1.82) is 0 Å². The lowest BCUT2D eigenvalue weighted by atomic mass is 10.0. The van der Waals surface area contributed by atoms with Crippen molar-refractivity contribution >= 4 is 23.1 Å². The Morgan fingerprint density at radius 1 is 0.955 bits per heavy atom. The van der Waals surface area contributed by atoms with E-state index in [0.29, 0.717) is 30.7 Å². The number of nitrogens with two attached hydrogens (primary N) is 1. The molecule has 2 aromatic carbocycles. The van der Waals surface area contributed by atoms with Crippen molar-refractivity contribution in [3.05, 3.63) is 60.3 Å². The van der Waals surface area contributed by atoms with Crippen molar-refractivity contribution < 1.29 is 14.6 Å². The molecule has 3 aliphatic heterocycles. The fourth-order valence-corrected chi connectivity index (χ4v) is 6.51. The molecule has 0 unspecified atom stereocenters. The number of primary amides is 1. The lowest BCUT2D eigenvalue weighted by Crippen LogP contribution is -2.52. The predicted octanol–water partition coefficient (Wildman–Crippen LogP) is 2.65. The van der Waals surface area contributed by atoms with Crippen LogP contribution in [0.4, 0.5) is 17.2 Å². The third-order valence-corrected chi connectivity index (χ3v) is 9.08. The molecule has 1 atom stereocenters. The van der Waals surface area contributed by atoms with E-state index in [1.807, 2.05) is 42.5 Å². The number of nitrogens with zero attached hydrogens (tertiary/aromatic N) is 6. The minimum Gasteiger partial charge on any atom is -0.471 e. The number of piperidine rings is 1. The largest absolute Gasteiger partial charge is 0.471 e. The van der Waals surface area contributed by atoms with Crippen LogP contribution < -0.4 is 20.7 Å². The number of carbonyl (C=O) groups is 1. The van der Waals surface area contributed by atoms with Gasteiger partial charge >= 0.3 is 0 Å². The van der Waals surface area contributed by atoms with E-state index in [1.54, 1.807) is 0 Å². The number of rotatable bonds is 10. The van der Waals surface area contributed by atoms with Gasteiger partial charge in [0, 0.05) is 81.9 Å². The number of hydrogen-bond acceptors (Lipinski definition) is 10. The number of piperazine rings is 1. The number of carbonyl (C=O) groups excluding carboxylic acids is 1. The minimum atomic E-state index is -0.668. The van der Waals surface area contributed by atoms with E-state index < -0.39 is 5.91 Å². The molecular weight excluding hydrogens is 556 g/mol. The second-order valence-electron chi connectivity index (χ2n) is 12.1. The molecule has 6 rings (SSSR count). The normalized spacial score (nSPS) is 20.6. The van der Waals surface area contributed by atoms with Crippen LogP contribution in [0.2, 0.25) is 0 Å². The van der Waals surface area contributed by atoms with Crippen molar-refractivity contribution in [1.82, 2.24) is 24.7 Å². The van der Waals surface area contributed by atoms with Gasteiger partial charge in [0.1, 0.15) is 11.8 Å². The highest BCUT2D eigenvalue weighted by Crippen LogP contribution is 2.33. The maximum atomic E-state index is 12.6. The maximum Gasteiger partial charge on any atom is 0.271 e. The molecule has 11 nitrogen and oxygen atoms in total. The molecule has 4 N–H and O–H groups in total. The molecular formula is C33H44N8O3. The predicted molar refractivity (Wildman–Crippen MR) is 173 cm³/mol. The van der Waals surface area contributed by atoms with Gasteiger partial charge in [-0.15, -0.1) is 0 Å². The molecule has 3 saturated heterocycles. The first-order valence-electron chi connectivity index (χ1n) is 15.8. The van der Waals surface area contributed by atoms with Crippen LogP contribution in [0.15, 0.2) is 54.6 Å². The van der Waals surface area contributed by atoms with Gasteiger partial charge in [0.25, 0.3) is 5.91 Å². The molecule has 3 fully saturated rings. The molecule has 234 valence electrons. The number of hydrogen-bond donors (Lipinski definition) is 3. The van der Waals surface area contributed by atoms with Crippen LogP contribution in [0.5, 0.6) is 5.88 Å². The SMILES string of the molecule is CN1CCN(C2CCN(c3ccc(Nc4nc(O[C@@H]5CCN(CCO)C5)c(-c5ccccc5)nc4C(N)=O)cc3)CC2)CC1. The molecule has 0 bridgehead atoms. The zero-order valence-electron chi connectivity index (χ0n) is 25.6. The molecule has 0 radical (unpaired) electrons.